The summed E-state index contributed by atoms with van der Waals surface area (Å²) in [6, 6.07) is 6.33. The van der Waals surface area contributed by atoms with Crippen LogP contribution in [0.3, 0.4) is 0 Å². The van der Waals surface area contributed by atoms with E-state index in [1.807, 2.05) is 0 Å². The van der Waals surface area contributed by atoms with Crippen molar-refractivity contribution < 1.29 is 9.47 Å². The van der Waals surface area contributed by atoms with Crippen molar-refractivity contribution in [2.24, 2.45) is 5.92 Å². The quantitative estimate of drug-likeness (QED) is 0.784. The zero-order valence-electron chi connectivity index (χ0n) is 13.5. The Balaban J connectivity index is 1.89. The molecule has 0 atom stereocenters. The van der Waals surface area contributed by atoms with Crippen LogP contribution in [0.1, 0.15) is 18.4 Å². The van der Waals surface area contributed by atoms with Crippen LogP contribution in [0.2, 0.25) is 0 Å². The molecule has 0 saturated carbocycles. The van der Waals surface area contributed by atoms with Gasteiger partial charge in [0.25, 0.3) is 0 Å². The minimum atomic E-state index is 0.586. The van der Waals surface area contributed by atoms with Crippen molar-refractivity contribution in [1.29, 1.82) is 0 Å². The lowest BCUT2D eigenvalue weighted by Crippen LogP contribution is -2.33. The Hall–Kier alpha value is -1.26. The van der Waals surface area contributed by atoms with E-state index >= 15 is 0 Å². The first-order valence-corrected chi connectivity index (χ1v) is 7.84. The van der Waals surface area contributed by atoms with Gasteiger partial charge < -0.3 is 19.7 Å². The topological polar surface area (TPSA) is 33.7 Å². The number of piperidine rings is 1. The summed E-state index contributed by atoms with van der Waals surface area (Å²) in [5.74, 6) is 1.69. The second kappa shape index (κ2) is 8.25. The number of hydrogen-bond acceptors (Lipinski definition) is 4. The van der Waals surface area contributed by atoms with E-state index in [4.69, 9.17) is 9.47 Å². The molecule has 4 heteroatoms. The van der Waals surface area contributed by atoms with Gasteiger partial charge in [-0.1, -0.05) is 6.07 Å². The van der Waals surface area contributed by atoms with Gasteiger partial charge in [-0.05, 0) is 63.5 Å². The predicted octanol–water partition coefficient (Wildman–Crippen LogP) is 2.77. The summed E-state index contributed by atoms with van der Waals surface area (Å²) in [6.07, 6.45) is 2.55. The van der Waals surface area contributed by atoms with Crippen molar-refractivity contribution >= 4 is 5.69 Å². The molecule has 1 heterocycles. The molecule has 1 aliphatic rings. The zero-order chi connectivity index (χ0) is 15.1. The summed E-state index contributed by atoms with van der Waals surface area (Å²) < 4.78 is 10.9. The fourth-order valence-corrected chi connectivity index (χ4v) is 2.65. The van der Waals surface area contributed by atoms with E-state index in [1.54, 1.807) is 7.11 Å². The van der Waals surface area contributed by atoms with E-state index in [0.29, 0.717) is 13.2 Å². The monoisotopic (exact) mass is 292 g/mol. The number of anilines is 1. The molecule has 1 fully saturated rings. The summed E-state index contributed by atoms with van der Waals surface area (Å²) in [7, 11) is 3.89. The highest BCUT2D eigenvalue weighted by molar-refractivity contribution is 5.57. The van der Waals surface area contributed by atoms with Gasteiger partial charge in [-0.3, -0.25) is 0 Å². The number of benzene rings is 1. The Bertz CT molecular complexity index is 429. The van der Waals surface area contributed by atoms with E-state index in [1.165, 1.54) is 31.5 Å². The third-order valence-electron chi connectivity index (χ3n) is 4.10. The number of hydrogen-bond donors (Lipinski definition) is 1. The predicted molar refractivity (Wildman–Crippen MR) is 87.3 cm³/mol. The fourth-order valence-electron chi connectivity index (χ4n) is 2.65. The van der Waals surface area contributed by atoms with Crippen LogP contribution >= 0.6 is 0 Å². The van der Waals surface area contributed by atoms with Gasteiger partial charge in [0.15, 0.2) is 0 Å². The van der Waals surface area contributed by atoms with Gasteiger partial charge in [-0.25, -0.2) is 0 Å². The molecule has 0 radical (unpaired) electrons. The summed E-state index contributed by atoms with van der Waals surface area (Å²) in [6.45, 7) is 6.72. The second-order valence-corrected chi connectivity index (χ2v) is 5.97. The average Bonchev–Trinajstić information content (AvgIpc) is 2.48. The maximum Gasteiger partial charge on any atom is 0.142 e. The summed E-state index contributed by atoms with van der Waals surface area (Å²) in [5, 5.41) is 3.57. The second-order valence-electron chi connectivity index (χ2n) is 5.97. The lowest BCUT2D eigenvalue weighted by molar-refractivity contribution is 0.146. The van der Waals surface area contributed by atoms with Gasteiger partial charge in [-0.2, -0.15) is 0 Å². The van der Waals surface area contributed by atoms with Crippen molar-refractivity contribution in [2.75, 3.05) is 52.3 Å². The van der Waals surface area contributed by atoms with E-state index < -0.39 is 0 Å². The van der Waals surface area contributed by atoms with Crippen molar-refractivity contribution in [1.82, 2.24) is 4.90 Å². The van der Waals surface area contributed by atoms with Gasteiger partial charge in [0.1, 0.15) is 12.4 Å². The molecule has 1 aromatic rings. The highest BCUT2D eigenvalue weighted by Crippen LogP contribution is 2.27. The maximum atomic E-state index is 5.82. The molecule has 0 spiro atoms. The fraction of sp³-hybridized carbons (Fsp3) is 0.647. The SMILES string of the molecule is COCCOc1cc(C)ccc1NCC1CCN(C)CC1. The lowest BCUT2D eigenvalue weighted by Gasteiger charge is -2.29. The van der Waals surface area contributed by atoms with Crippen LogP contribution in [0.4, 0.5) is 5.69 Å². The van der Waals surface area contributed by atoms with Crippen LogP contribution in [-0.4, -0.2) is 51.9 Å². The van der Waals surface area contributed by atoms with Crippen LogP contribution in [0.15, 0.2) is 18.2 Å². The first-order valence-electron chi connectivity index (χ1n) is 7.84. The zero-order valence-corrected chi connectivity index (χ0v) is 13.5. The first kappa shape index (κ1) is 16.1. The van der Waals surface area contributed by atoms with Gasteiger partial charge >= 0.3 is 0 Å². The molecule has 4 nitrogen and oxygen atoms in total. The Kier molecular flexibility index (Phi) is 6.33. The third kappa shape index (κ3) is 5.21. The highest BCUT2D eigenvalue weighted by atomic mass is 16.5. The summed E-state index contributed by atoms with van der Waals surface area (Å²) >= 11 is 0. The number of likely N-dealkylation sites (tertiary alicyclic amines) is 1. The number of methoxy groups -OCH3 is 1. The average molecular weight is 292 g/mol. The van der Waals surface area contributed by atoms with Crippen molar-refractivity contribution in [2.45, 2.75) is 19.8 Å². The maximum absolute atomic E-state index is 5.82. The lowest BCUT2D eigenvalue weighted by atomic mass is 9.97. The smallest absolute Gasteiger partial charge is 0.142 e. The number of nitrogens with one attached hydrogen (secondary N) is 1. The Labute approximate surface area is 128 Å². The van der Waals surface area contributed by atoms with Gasteiger partial charge in [0.05, 0.1) is 12.3 Å². The van der Waals surface area contributed by atoms with Gasteiger partial charge in [0.2, 0.25) is 0 Å². The third-order valence-corrected chi connectivity index (χ3v) is 4.10. The normalized spacial score (nSPS) is 16.9. The molecule has 118 valence electrons. The van der Waals surface area contributed by atoms with Crippen LogP contribution in [0, 0.1) is 12.8 Å². The van der Waals surface area contributed by atoms with Crippen molar-refractivity contribution in [3.8, 4) is 5.75 Å². The molecule has 0 unspecified atom stereocenters. The molecular weight excluding hydrogens is 264 g/mol. The molecule has 1 aliphatic heterocycles. The van der Waals surface area contributed by atoms with Crippen molar-refractivity contribution in [3.63, 3.8) is 0 Å². The number of ether oxygens (including phenoxy) is 2. The highest BCUT2D eigenvalue weighted by Gasteiger charge is 2.16. The molecule has 0 aliphatic carbocycles. The largest absolute Gasteiger partial charge is 0.489 e. The molecular formula is C17H28N2O2. The number of aryl methyl sites for hydroxylation is 1. The number of nitrogens with zero attached hydrogens (tertiary/aromatic N) is 1. The van der Waals surface area contributed by atoms with Crippen LogP contribution < -0.4 is 10.1 Å². The van der Waals surface area contributed by atoms with E-state index in [-0.39, 0.29) is 0 Å². The van der Waals surface area contributed by atoms with Crippen LogP contribution in [0.5, 0.6) is 5.75 Å². The van der Waals surface area contributed by atoms with Gasteiger partial charge in [-0.15, -0.1) is 0 Å². The van der Waals surface area contributed by atoms with Crippen molar-refractivity contribution in [3.05, 3.63) is 23.8 Å². The number of rotatable bonds is 7. The molecule has 0 amide bonds. The molecule has 0 aromatic heterocycles. The molecule has 0 bridgehead atoms. The molecule has 2 rings (SSSR count). The minimum Gasteiger partial charge on any atom is -0.489 e. The Morgan fingerprint density at radius 2 is 2.00 bits per heavy atom. The summed E-state index contributed by atoms with van der Waals surface area (Å²) in [5.41, 5.74) is 2.31. The van der Waals surface area contributed by atoms with Gasteiger partial charge in [0, 0.05) is 13.7 Å². The Morgan fingerprint density at radius 1 is 1.24 bits per heavy atom. The Morgan fingerprint density at radius 3 is 2.71 bits per heavy atom. The van der Waals surface area contributed by atoms with E-state index in [2.05, 4.69) is 42.4 Å². The van der Waals surface area contributed by atoms with E-state index in [0.717, 1.165) is 23.9 Å². The molecule has 1 aromatic carbocycles. The first-order chi connectivity index (χ1) is 10.2. The minimum absolute atomic E-state index is 0.586. The molecule has 1 saturated heterocycles. The van der Waals surface area contributed by atoms with Crippen LogP contribution in [-0.2, 0) is 4.74 Å². The summed E-state index contributed by atoms with van der Waals surface area (Å²) in [4.78, 5) is 2.40. The van der Waals surface area contributed by atoms with Crippen LogP contribution in [0.25, 0.3) is 0 Å². The molecule has 1 N–H and O–H groups in total. The standard InChI is InChI=1S/C17H28N2O2/c1-14-4-5-16(17(12-14)21-11-10-20-3)18-13-15-6-8-19(2)9-7-15/h4-5,12,15,18H,6-11,13H2,1-3H3. The molecule has 21 heavy (non-hydrogen) atoms. The van der Waals surface area contributed by atoms with E-state index in [9.17, 15) is 0 Å².